The van der Waals surface area contributed by atoms with E-state index in [-0.39, 0.29) is 11.8 Å². The summed E-state index contributed by atoms with van der Waals surface area (Å²) in [5, 5.41) is 5.58. The van der Waals surface area contributed by atoms with Crippen LogP contribution in [0.25, 0.3) is 11.0 Å². The number of carbonyl (C=O) groups excluding carboxylic acids is 2. The van der Waals surface area contributed by atoms with E-state index in [2.05, 4.69) is 20.2 Å². The Kier molecular flexibility index (Phi) is 5.09. The number of aromatic nitrogens is 2. The molecule has 6 nitrogen and oxygen atoms in total. The molecule has 0 aliphatic rings. The van der Waals surface area contributed by atoms with Gasteiger partial charge in [0.2, 0.25) is 5.91 Å². The van der Waals surface area contributed by atoms with Gasteiger partial charge in [0.05, 0.1) is 17.4 Å². The van der Waals surface area contributed by atoms with Crippen LogP contribution in [-0.2, 0) is 11.3 Å². The number of carbonyl (C=O) groups is 2. The summed E-state index contributed by atoms with van der Waals surface area (Å²) in [5.74, 6) is -0.255. The first-order valence-corrected chi connectivity index (χ1v) is 8.19. The Morgan fingerprint density at radius 1 is 1.08 bits per heavy atom. The minimum atomic E-state index is -0.135. The third-order valence-electron chi connectivity index (χ3n) is 3.86. The summed E-state index contributed by atoms with van der Waals surface area (Å²) in [7, 11) is 0. The number of para-hydroxylation sites is 2. The molecule has 0 unspecified atom stereocenters. The highest BCUT2D eigenvalue weighted by Gasteiger charge is 2.06. The smallest absolute Gasteiger partial charge is 0.251 e. The van der Waals surface area contributed by atoms with Crippen molar-refractivity contribution >= 4 is 28.5 Å². The second kappa shape index (κ2) is 7.61. The predicted molar refractivity (Wildman–Crippen MR) is 97.4 cm³/mol. The molecule has 0 fully saturated rings. The summed E-state index contributed by atoms with van der Waals surface area (Å²) in [4.78, 5) is 27.5. The van der Waals surface area contributed by atoms with Crippen LogP contribution in [0.15, 0.2) is 54.9 Å². The molecule has 2 amide bonds. The van der Waals surface area contributed by atoms with E-state index in [1.807, 2.05) is 30.6 Å². The topological polar surface area (TPSA) is 76.0 Å². The van der Waals surface area contributed by atoms with Gasteiger partial charge in [0.25, 0.3) is 5.91 Å². The van der Waals surface area contributed by atoms with Gasteiger partial charge >= 0.3 is 0 Å². The molecule has 0 radical (unpaired) electrons. The fourth-order valence-electron chi connectivity index (χ4n) is 2.65. The summed E-state index contributed by atoms with van der Waals surface area (Å²) in [6.07, 6.45) is 2.64. The molecule has 1 aromatic heterocycles. The Hall–Kier alpha value is -3.15. The number of aryl methyl sites for hydroxylation is 1. The standard InChI is InChI=1S/C19H20N4O2/c1-14(24)22-16-9-7-15(8-10-16)19(25)20-11-4-12-23-13-21-17-5-2-3-6-18(17)23/h2-3,5-10,13H,4,11-12H2,1H3,(H,20,25)(H,22,24). The number of imidazole rings is 1. The van der Waals surface area contributed by atoms with Gasteiger partial charge in [0, 0.05) is 31.3 Å². The third-order valence-corrected chi connectivity index (χ3v) is 3.86. The zero-order valence-electron chi connectivity index (χ0n) is 14.0. The molecule has 6 heteroatoms. The van der Waals surface area contributed by atoms with Crippen LogP contribution in [-0.4, -0.2) is 27.9 Å². The number of anilines is 1. The maximum atomic E-state index is 12.1. The highest BCUT2D eigenvalue weighted by Crippen LogP contribution is 2.12. The molecule has 0 aliphatic heterocycles. The molecule has 2 N–H and O–H groups in total. The third kappa shape index (κ3) is 4.23. The molecule has 1 heterocycles. The van der Waals surface area contributed by atoms with Crippen molar-refractivity contribution in [2.45, 2.75) is 19.9 Å². The van der Waals surface area contributed by atoms with E-state index in [9.17, 15) is 9.59 Å². The summed E-state index contributed by atoms with van der Waals surface area (Å²) in [6, 6.07) is 14.8. The Labute approximate surface area is 145 Å². The summed E-state index contributed by atoms with van der Waals surface area (Å²) >= 11 is 0. The van der Waals surface area contributed by atoms with Crippen molar-refractivity contribution in [3.05, 3.63) is 60.4 Å². The van der Waals surface area contributed by atoms with Crippen molar-refractivity contribution in [1.82, 2.24) is 14.9 Å². The van der Waals surface area contributed by atoms with Gasteiger partial charge in [-0.15, -0.1) is 0 Å². The number of hydrogen-bond acceptors (Lipinski definition) is 3. The molecule has 0 saturated carbocycles. The zero-order chi connectivity index (χ0) is 17.6. The number of fused-ring (bicyclic) bond motifs is 1. The molecule has 0 saturated heterocycles. The van der Waals surface area contributed by atoms with Crippen LogP contribution in [0.1, 0.15) is 23.7 Å². The fourth-order valence-corrected chi connectivity index (χ4v) is 2.65. The van der Waals surface area contributed by atoms with E-state index in [4.69, 9.17) is 0 Å². The Balaban J connectivity index is 1.48. The Morgan fingerprint density at radius 3 is 2.60 bits per heavy atom. The average Bonchev–Trinajstić information content (AvgIpc) is 3.02. The first-order chi connectivity index (χ1) is 12.1. The maximum absolute atomic E-state index is 12.1. The molecule has 3 aromatic rings. The SMILES string of the molecule is CC(=O)Nc1ccc(C(=O)NCCCn2cnc3ccccc32)cc1. The molecule has 128 valence electrons. The number of nitrogens with one attached hydrogen (secondary N) is 2. The van der Waals surface area contributed by atoms with Crippen LogP contribution in [0.3, 0.4) is 0 Å². The Bertz CT molecular complexity index is 884. The van der Waals surface area contributed by atoms with Crippen molar-refractivity contribution in [2.24, 2.45) is 0 Å². The van der Waals surface area contributed by atoms with E-state index < -0.39 is 0 Å². The van der Waals surface area contributed by atoms with Gasteiger partial charge in [0.15, 0.2) is 0 Å². The monoisotopic (exact) mass is 336 g/mol. The van der Waals surface area contributed by atoms with Crippen molar-refractivity contribution < 1.29 is 9.59 Å². The van der Waals surface area contributed by atoms with Crippen molar-refractivity contribution in [1.29, 1.82) is 0 Å². The molecule has 2 aromatic carbocycles. The number of hydrogen-bond donors (Lipinski definition) is 2. The first kappa shape index (κ1) is 16.7. The van der Waals surface area contributed by atoms with E-state index in [1.54, 1.807) is 24.3 Å². The van der Waals surface area contributed by atoms with Gasteiger partial charge < -0.3 is 15.2 Å². The lowest BCUT2D eigenvalue weighted by molar-refractivity contribution is -0.114. The number of nitrogens with zero attached hydrogens (tertiary/aromatic N) is 2. The molecule has 25 heavy (non-hydrogen) atoms. The van der Waals surface area contributed by atoms with Crippen LogP contribution in [0.5, 0.6) is 0 Å². The highest BCUT2D eigenvalue weighted by atomic mass is 16.2. The summed E-state index contributed by atoms with van der Waals surface area (Å²) < 4.78 is 2.09. The zero-order valence-corrected chi connectivity index (χ0v) is 14.0. The molecular weight excluding hydrogens is 316 g/mol. The predicted octanol–water partition coefficient (Wildman–Crippen LogP) is 2.81. The van der Waals surface area contributed by atoms with Crippen LogP contribution in [0, 0.1) is 0 Å². The van der Waals surface area contributed by atoms with Gasteiger partial charge in [0.1, 0.15) is 0 Å². The lowest BCUT2D eigenvalue weighted by Crippen LogP contribution is -2.25. The van der Waals surface area contributed by atoms with Gasteiger partial charge in [-0.2, -0.15) is 0 Å². The van der Waals surface area contributed by atoms with Gasteiger partial charge in [-0.1, -0.05) is 12.1 Å². The molecule has 0 bridgehead atoms. The quantitative estimate of drug-likeness (QED) is 0.680. The molecular formula is C19H20N4O2. The minimum absolute atomic E-state index is 0.120. The van der Waals surface area contributed by atoms with Gasteiger partial charge in [-0.05, 0) is 42.8 Å². The minimum Gasteiger partial charge on any atom is -0.352 e. The molecule has 0 aliphatic carbocycles. The van der Waals surface area contributed by atoms with Crippen LogP contribution >= 0.6 is 0 Å². The van der Waals surface area contributed by atoms with Crippen LogP contribution in [0.4, 0.5) is 5.69 Å². The lowest BCUT2D eigenvalue weighted by Gasteiger charge is -2.08. The largest absolute Gasteiger partial charge is 0.352 e. The maximum Gasteiger partial charge on any atom is 0.251 e. The van der Waals surface area contributed by atoms with Crippen LogP contribution in [0.2, 0.25) is 0 Å². The summed E-state index contributed by atoms with van der Waals surface area (Å²) in [6.45, 7) is 2.82. The van der Waals surface area contributed by atoms with E-state index in [1.165, 1.54) is 6.92 Å². The van der Waals surface area contributed by atoms with Gasteiger partial charge in [-0.3, -0.25) is 9.59 Å². The molecule has 0 spiro atoms. The van der Waals surface area contributed by atoms with Gasteiger partial charge in [-0.25, -0.2) is 4.98 Å². The second-order valence-electron chi connectivity index (χ2n) is 5.79. The van der Waals surface area contributed by atoms with E-state index in [0.29, 0.717) is 17.8 Å². The number of rotatable bonds is 6. The second-order valence-corrected chi connectivity index (χ2v) is 5.79. The van der Waals surface area contributed by atoms with Crippen molar-refractivity contribution in [3.63, 3.8) is 0 Å². The average molecular weight is 336 g/mol. The van der Waals surface area contributed by atoms with E-state index >= 15 is 0 Å². The normalized spacial score (nSPS) is 10.6. The van der Waals surface area contributed by atoms with Crippen molar-refractivity contribution in [2.75, 3.05) is 11.9 Å². The van der Waals surface area contributed by atoms with Crippen LogP contribution < -0.4 is 10.6 Å². The summed E-state index contributed by atoms with van der Waals surface area (Å²) in [5.41, 5.74) is 3.33. The fraction of sp³-hybridized carbons (Fsp3) is 0.211. The Morgan fingerprint density at radius 2 is 1.84 bits per heavy atom. The number of amides is 2. The highest BCUT2D eigenvalue weighted by molar-refractivity contribution is 5.95. The van der Waals surface area contributed by atoms with Crippen molar-refractivity contribution in [3.8, 4) is 0 Å². The lowest BCUT2D eigenvalue weighted by atomic mass is 10.2. The molecule has 3 rings (SSSR count). The van der Waals surface area contributed by atoms with E-state index in [0.717, 1.165) is 24.0 Å². The first-order valence-electron chi connectivity index (χ1n) is 8.19. The molecule has 0 atom stereocenters. The number of benzene rings is 2.